The first-order valence-corrected chi connectivity index (χ1v) is 6.25. The average Bonchev–Trinajstić information content (AvgIpc) is 2.37. The van der Waals surface area contributed by atoms with Crippen molar-refractivity contribution in [1.82, 2.24) is 0 Å². The number of aromatic hydroxyl groups is 1. The van der Waals surface area contributed by atoms with E-state index in [1.807, 2.05) is 13.0 Å². The summed E-state index contributed by atoms with van der Waals surface area (Å²) in [6.07, 6.45) is -1.09. The molecule has 0 saturated carbocycles. The predicted molar refractivity (Wildman–Crippen MR) is 74.6 cm³/mol. The number of phenols is 1. The highest BCUT2D eigenvalue weighted by atomic mass is 19.1. The highest BCUT2D eigenvalue weighted by molar-refractivity contribution is 5.47. The second-order valence-corrected chi connectivity index (χ2v) is 4.81. The third kappa shape index (κ3) is 2.60. The molecule has 4 heteroatoms. The van der Waals surface area contributed by atoms with Gasteiger partial charge in [0.15, 0.2) is 11.6 Å². The lowest BCUT2D eigenvalue weighted by atomic mass is 9.95. The van der Waals surface area contributed by atoms with Crippen molar-refractivity contribution >= 4 is 0 Å². The van der Waals surface area contributed by atoms with Crippen molar-refractivity contribution in [2.45, 2.75) is 20.0 Å². The Morgan fingerprint density at radius 2 is 1.85 bits per heavy atom. The first kappa shape index (κ1) is 14.3. The minimum absolute atomic E-state index is 0.00577. The summed E-state index contributed by atoms with van der Waals surface area (Å²) >= 11 is 0. The van der Waals surface area contributed by atoms with Gasteiger partial charge in [-0.15, -0.1) is 0 Å². The van der Waals surface area contributed by atoms with Crippen LogP contribution >= 0.6 is 0 Å². The quantitative estimate of drug-likeness (QED) is 0.904. The number of aliphatic hydroxyl groups excluding tert-OH is 1. The maximum absolute atomic E-state index is 13.7. The lowest BCUT2D eigenvalue weighted by molar-refractivity contribution is 0.214. The molecule has 0 spiro atoms. The third-order valence-corrected chi connectivity index (χ3v) is 3.27. The number of phenolic OH excluding ortho intramolecular Hbond substituents is 1. The van der Waals surface area contributed by atoms with E-state index < -0.39 is 11.9 Å². The Bertz CT molecular complexity index is 615. The molecule has 106 valence electrons. The molecule has 3 nitrogen and oxygen atoms in total. The van der Waals surface area contributed by atoms with Gasteiger partial charge in [-0.1, -0.05) is 12.1 Å². The van der Waals surface area contributed by atoms with Crippen molar-refractivity contribution in [3.8, 4) is 11.5 Å². The molecule has 0 aromatic heterocycles. The van der Waals surface area contributed by atoms with Gasteiger partial charge in [-0.05, 0) is 48.7 Å². The van der Waals surface area contributed by atoms with Crippen LogP contribution in [0.4, 0.5) is 4.39 Å². The Kier molecular flexibility index (Phi) is 3.95. The Labute approximate surface area is 117 Å². The summed E-state index contributed by atoms with van der Waals surface area (Å²) in [5, 5.41) is 20.4. The molecule has 0 fully saturated rings. The number of aliphatic hydroxyl groups is 1. The van der Waals surface area contributed by atoms with Crippen molar-refractivity contribution in [2.75, 3.05) is 7.11 Å². The summed E-state index contributed by atoms with van der Waals surface area (Å²) in [5.74, 6) is -0.426. The van der Waals surface area contributed by atoms with Crippen molar-refractivity contribution < 1.29 is 19.3 Å². The van der Waals surface area contributed by atoms with Gasteiger partial charge in [-0.3, -0.25) is 0 Å². The van der Waals surface area contributed by atoms with Crippen molar-refractivity contribution in [3.05, 3.63) is 58.4 Å². The Morgan fingerprint density at radius 1 is 1.15 bits per heavy atom. The van der Waals surface area contributed by atoms with E-state index >= 15 is 0 Å². The van der Waals surface area contributed by atoms with Crippen molar-refractivity contribution in [2.24, 2.45) is 0 Å². The predicted octanol–water partition coefficient (Wildman–Crippen LogP) is 3.24. The van der Waals surface area contributed by atoms with Crippen molar-refractivity contribution in [3.63, 3.8) is 0 Å². The first-order valence-electron chi connectivity index (χ1n) is 6.25. The summed E-state index contributed by atoms with van der Waals surface area (Å²) < 4.78 is 18.5. The number of halogens is 1. The summed E-state index contributed by atoms with van der Waals surface area (Å²) in [6.45, 7) is 3.65. The summed E-state index contributed by atoms with van der Waals surface area (Å²) in [6, 6.07) is 7.67. The van der Waals surface area contributed by atoms with Crippen LogP contribution < -0.4 is 4.74 Å². The number of hydrogen-bond acceptors (Lipinski definition) is 3. The van der Waals surface area contributed by atoms with E-state index in [0.29, 0.717) is 11.1 Å². The van der Waals surface area contributed by atoms with Crippen LogP contribution in [-0.4, -0.2) is 17.3 Å². The topological polar surface area (TPSA) is 49.7 Å². The van der Waals surface area contributed by atoms with Crippen LogP contribution in [0.2, 0.25) is 0 Å². The smallest absolute Gasteiger partial charge is 0.165 e. The highest BCUT2D eigenvalue weighted by Gasteiger charge is 2.19. The number of benzene rings is 2. The molecule has 0 bridgehead atoms. The molecule has 0 amide bonds. The number of hydrogen-bond donors (Lipinski definition) is 2. The van der Waals surface area contributed by atoms with Crippen molar-refractivity contribution in [1.29, 1.82) is 0 Å². The number of methoxy groups -OCH3 is 1. The van der Waals surface area contributed by atoms with E-state index in [1.165, 1.54) is 19.2 Å². The van der Waals surface area contributed by atoms with Crippen LogP contribution in [0.3, 0.4) is 0 Å². The van der Waals surface area contributed by atoms with E-state index in [9.17, 15) is 14.6 Å². The molecular formula is C16H17FO3. The van der Waals surface area contributed by atoms with E-state index in [1.54, 1.807) is 19.1 Å². The summed E-state index contributed by atoms with van der Waals surface area (Å²) in [7, 11) is 1.38. The second kappa shape index (κ2) is 5.51. The number of rotatable bonds is 3. The largest absolute Gasteiger partial charge is 0.508 e. The van der Waals surface area contributed by atoms with E-state index in [-0.39, 0.29) is 11.5 Å². The third-order valence-electron chi connectivity index (χ3n) is 3.27. The highest BCUT2D eigenvalue weighted by Crippen LogP contribution is 2.34. The van der Waals surface area contributed by atoms with Gasteiger partial charge in [-0.25, -0.2) is 4.39 Å². The molecule has 2 rings (SSSR count). The van der Waals surface area contributed by atoms with E-state index in [2.05, 4.69) is 0 Å². The normalized spacial score (nSPS) is 12.2. The molecule has 20 heavy (non-hydrogen) atoms. The SMILES string of the molecule is COc1ccc(C(O)c2c(C)cc(C)cc2O)cc1F. The van der Waals surface area contributed by atoms with Crippen LogP contribution in [0.15, 0.2) is 30.3 Å². The van der Waals surface area contributed by atoms with Crippen LogP contribution in [0.25, 0.3) is 0 Å². The molecule has 1 atom stereocenters. The molecule has 0 radical (unpaired) electrons. The maximum atomic E-state index is 13.7. The zero-order valence-corrected chi connectivity index (χ0v) is 11.6. The lowest BCUT2D eigenvalue weighted by Gasteiger charge is -2.17. The fourth-order valence-corrected chi connectivity index (χ4v) is 2.33. The fraction of sp³-hybridized carbons (Fsp3) is 0.250. The molecule has 1 unspecified atom stereocenters. The molecule has 0 aliphatic carbocycles. The van der Waals surface area contributed by atoms with Gasteiger partial charge in [0, 0.05) is 5.56 Å². The maximum Gasteiger partial charge on any atom is 0.165 e. The van der Waals surface area contributed by atoms with Gasteiger partial charge in [0.1, 0.15) is 11.9 Å². The zero-order chi connectivity index (χ0) is 14.9. The average molecular weight is 276 g/mol. The summed E-state index contributed by atoms with van der Waals surface area (Å²) in [4.78, 5) is 0. The van der Waals surface area contributed by atoms with Crippen LogP contribution in [-0.2, 0) is 0 Å². The van der Waals surface area contributed by atoms with Crippen LogP contribution in [0.1, 0.15) is 28.4 Å². The Balaban J connectivity index is 2.46. The standard InChI is InChI=1S/C16H17FO3/c1-9-6-10(2)15(13(18)7-9)16(19)11-4-5-14(20-3)12(17)8-11/h4-8,16,18-19H,1-3H3. The fourth-order valence-electron chi connectivity index (χ4n) is 2.33. The van der Waals surface area contributed by atoms with Gasteiger partial charge in [0.25, 0.3) is 0 Å². The molecule has 2 N–H and O–H groups in total. The molecule has 2 aromatic rings. The number of ether oxygens (including phenoxy) is 1. The second-order valence-electron chi connectivity index (χ2n) is 4.81. The molecular weight excluding hydrogens is 259 g/mol. The van der Waals surface area contributed by atoms with Crippen LogP contribution in [0.5, 0.6) is 11.5 Å². The van der Waals surface area contributed by atoms with Gasteiger partial charge < -0.3 is 14.9 Å². The Morgan fingerprint density at radius 3 is 2.40 bits per heavy atom. The van der Waals surface area contributed by atoms with E-state index in [4.69, 9.17) is 4.74 Å². The monoisotopic (exact) mass is 276 g/mol. The van der Waals surface area contributed by atoms with Gasteiger partial charge >= 0.3 is 0 Å². The molecule has 0 heterocycles. The lowest BCUT2D eigenvalue weighted by Crippen LogP contribution is -2.04. The molecule has 0 saturated heterocycles. The molecule has 0 aliphatic rings. The Hall–Kier alpha value is -2.07. The molecule has 0 aliphatic heterocycles. The zero-order valence-electron chi connectivity index (χ0n) is 11.6. The summed E-state index contributed by atoms with van der Waals surface area (Å²) in [5.41, 5.74) is 2.41. The van der Waals surface area contributed by atoms with Gasteiger partial charge in [0.05, 0.1) is 7.11 Å². The number of aryl methyl sites for hydroxylation is 2. The van der Waals surface area contributed by atoms with Gasteiger partial charge in [-0.2, -0.15) is 0 Å². The first-order chi connectivity index (χ1) is 9.43. The van der Waals surface area contributed by atoms with Crippen LogP contribution in [0, 0.1) is 19.7 Å². The minimum Gasteiger partial charge on any atom is -0.508 e. The van der Waals surface area contributed by atoms with E-state index in [0.717, 1.165) is 11.1 Å². The van der Waals surface area contributed by atoms with Gasteiger partial charge in [0.2, 0.25) is 0 Å². The minimum atomic E-state index is -1.09. The molecule has 2 aromatic carbocycles.